The number of rotatable bonds is 8. The van der Waals surface area contributed by atoms with Crippen LogP contribution in [-0.2, 0) is 10.0 Å². The third-order valence-electron chi connectivity index (χ3n) is 4.97. The minimum absolute atomic E-state index is 0.0963. The van der Waals surface area contributed by atoms with Crippen molar-refractivity contribution in [3.05, 3.63) is 46.6 Å². The fourth-order valence-corrected chi connectivity index (χ4v) is 4.87. The van der Waals surface area contributed by atoms with Gasteiger partial charge in [0.15, 0.2) is 0 Å². The first-order chi connectivity index (χ1) is 13.9. The molecule has 0 atom stereocenters. The molecule has 3 rings (SSSR count). The molecule has 0 bridgehead atoms. The number of hydrogen-bond acceptors (Lipinski definition) is 7. The molecule has 0 unspecified atom stereocenters. The van der Waals surface area contributed by atoms with Crippen LogP contribution in [0.5, 0.6) is 0 Å². The second-order valence-corrected chi connectivity index (χ2v) is 8.69. The molecule has 1 N–H and O–H groups in total. The van der Waals surface area contributed by atoms with Crippen molar-refractivity contribution in [2.45, 2.75) is 31.6 Å². The molecular formula is C19H25N5O4S. The number of nitro groups is 1. The largest absolute Gasteiger partial charge is 0.357 e. The molecule has 1 aromatic heterocycles. The Balaban J connectivity index is 1.87. The highest BCUT2D eigenvalue weighted by atomic mass is 32.2. The number of nitrogens with zero attached hydrogens (tertiary/aromatic N) is 4. The smallest absolute Gasteiger partial charge is 0.294 e. The fourth-order valence-electron chi connectivity index (χ4n) is 3.39. The average molecular weight is 420 g/mol. The maximum absolute atomic E-state index is 12.7. The van der Waals surface area contributed by atoms with Gasteiger partial charge >= 0.3 is 0 Å². The minimum Gasteiger partial charge on any atom is -0.357 e. The van der Waals surface area contributed by atoms with E-state index in [0.29, 0.717) is 18.8 Å². The Labute approximate surface area is 170 Å². The Kier molecular flexibility index (Phi) is 6.33. The van der Waals surface area contributed by atoms with Crippen LogP contribution in [-0.4, -0.2) is 48.8 Å². The summed E-state index contributed by atoms with van der Waals surface area (Å²) in [4.78, 5) is 17.5. The van der Waals surface area contributed by atoms with Crippen LogP contribution in [0.3, 0.4) is 0 Å². The Morgan fingerprint density at radius 2 is 1.86 bits per heavy atom. The highest BCUT2D eigenvalue weighted by Crippen LogP contribution is 2.31. The number of benzene rings is 1. The number of aromatic nitrogens is 1. The van der Waals surface area contributed by atoms with E-state index in [-0.39, 0.29) is 16.3 Å². The molecule has 0 amide bonds. The monoisotopic (exact) mass is 419 g/mol. The van der Waals surface area contributed by atoms with Crippen LogP contribution in [0, 0.1) is 10.1 Å². The zero-order valence-electron chi connectivity index (χ0n) is 16.5. The van der Waals surface area contributed by atoms with E-state index in [4.69, 9.17) is 0 Å². The molecule has 1 saturated heterocycles. The van der Waals surface area contributed by atoms with Crippen molar-refractivity contribution in [2.75, 3.05) is 36.4 Å². The Morgan fingerprint density at radius 1 is 1.17 bits per heavy atom. The van der Waals surface area contributed by atoms with Crippen molar-refractivity contribution in [1.29, 1.82) is 0 Å². The van der Waals surface area contributed by atoms with E-state index in [1.54, 1.807) is 20.0 Å². The molecular weight excluding hydrogens is 394 g/mol. The van der Waals surface area contributed by atoms with Crippen LogP contribution < -0.4 is 10.2 Å². The summed E-state index contributed by atoms with van der Waals surface area (Å²) < 4.78 is 26.6. The van der Waals surface area contributed by atoms with Crippen molar-refractivity contribution < 1.29 is 13.3 Å². The molecule has 0 radical (unpaired) electrons. The summed E-state index contributed by atoms with van der Waals surface area (Å²) in [7, 11) is -3.78. The average Bonchev–Trinajstić information content (AvgIpc) is 3.24. The summed E-state index contributed by atoms with van der Waals surface area (Å²) in [6.07, 6.45) is 3.92. The van der Waals surface area contributed by atoms with Gasteiger partial charge in [-0.2, -0.15) is 4.31 Å². The summed E-state index contributed by atoms with van der Waals surface area (Å²) in [5.74, 6) is 0.878. The lowest BCUT2D eigenvalue weighted by Crippen LogP contribution is -2.30. The van der Waals surface area contributed by atoms with Gasteiger partial charge < -0.3 is 10.2 Å². The van der Waals surface area contributed by atoms with Crippen LogP contribution in [0.1, 0.15) is 26.7 Å². The lowest BCUT2D eigenvalue weighted by molar-refractivity contribution is -0.384. The molecule has 1 aliphatic heterocycles. The van der Waals surface area contributed by atoms with Gasteiger partial charge in [0.05, 0.1) is 21.7 Å². The standard InChI is InChI=1S/C19H25N5O4S/c1-3-23(4-2)29(27,28)16-8-9-17(18(13-16)24(25)26)21-15-7-10-19(20-14-15)22-11-5-6-12-22/h7-10,13-14,21H,3-6,11-12H2,1-2H3. The van der Waals surface area contributed by atoms with Crippen molar-refractivity contribution in [3.8, 4) is 0 Å². The van der Waals surface area contributed by atoms with Crippen LogP contribution >= 0.6 is 0 Å². The molecule has 1 aromatic carbocycles. The van der Waals surface area contributed by atoms with Gasteiger partial charge in [0, 0.05) is 32.2 Å². The lowest BCUT2D eigenvalue weighted by Gasteiger charge is -2.19. The molecule has 0 saturated carbocycles. The van der Waals surface area contributed by atoms with E-state index in [2.05, 4.69) is 15.2 Å². The zero-order chi connectivity index (χ0) is 21.0. The Hall–Kier alpha value is -2.72. The van der Waals surface area contributed by atoms with E-state index in [9.17, 15) is 18.5 Å². The molecule has 9 nitrogen and oxygen atoms in total. The molecule has 1 aliphatic rings. The van der Waals surface area contributed by atoms with E-state index in [1.165, 1.54) is 16.4 Å². The number of pyridine rings is 1. The molecule has 156 valence electrons. The van der Waals surface area contributed by atoms with Crippen LogP contribution in [0.15, 0.2) is 41.4 Å². The SMILES string of the molecule is CCN(CC)S(=O)(=O)c1ccc(Nc2ccc(N3CCCC3)nc2)c([N+](=O)[O-])c1. The predicted octanol–water partition coefficient (Wildman–Crippen LogP) is 3.36. The van der Waals surface area contributed by atoms with Crippen LogP contribution in [0.4, 0.5) is 22.9 Å². The van der Waals surface area contributed by atoms with E-state index in [0.717, 1.165) is 37.8 Å². The van der Waals surface area contributed by atoms with Gasteiger partial charge in [-0.1, -0.05) is 13.8 Å². The second-order valence-electron chi connectivity index (χ2n) is 6.75. The molecule has 2 heterocycles. The van der Waals surface area contributed by atoms with Gasteiger partial charge in [0.1, 0.15) is 11.5 Å². The van der Waals surface area contributed by atoms with Gasteiger partial charge in [-0.05, 0) is 37.1 Å². The summed E-state index contributed by atoms with van der Waals surface area (Å²) in [6.45, 7) is 6.00. The number of nitro benzene ring substituents is 1. The zero-order valence-corrected chi connectivity index (χ0v) is 17.4. The van der Waals surface area contributed by atoms with E-state index < -0.39 is 14.9 Å². The van der Waals surface area contributed by atoms with Gasteiger partial charge in [0.2, 0.25) is 10.0 Å². The minimum atomic E-state index is -3.78. The highest BCUT2D eigenvalue weighted by molar-refractivity contribution is 7.89. The van der Waals surface area contributed by atoms with Crippen molar-refractivity contribution >= 4 is 32.9 Å². The molecule has 29 heavy (non-hydrogen) atoms. The first-order valence-corrected chi connectivity index (χ1v) is 11.1. The van der Waals surface area contributed by atoms with E-state index >= 15 is 0 Å². The summed E-state index contributed by atoms with van der Waals surface area (Å²) >= 11 is 0. The van der Waals surface area contributed by atoms with Gasteiger partial charge in [-0.15, -0.1) is 0 Å². The molecule has 0 aliphatic carbocycles. The third kappa shape index (κ3) is 4.48. The lowest BCUT2D eigenvalue weighted by atomic mass is 10.2. The molecule has 2 aromatic rings. The van der Waals surface area contributed by atoms with Crippen molar-refractivity contribution in [3.63, 3.8) is 0 Å². The van der Waals surface area contributed by atoms with E-state index in [1.807, 2.05) is 12.1 Å². The van der Waals surface area contributed by atoms with Gasteiger partial charge in [-0.25, -0.2) is 13.4 Å². The molecule has 0 spiro atoms. The maximum atomic E-state index is 12.7. The number of hydrogen-bond donors (Lipinski definition) is 1. The maximum Gasteiger partial charge on any atom is 0.294 e. The highest BCUT2D eigenvalue weighted by Gasteiger charge is 2.25. The third-order valence-corrected chi connectivity index (χ3v) is 7.01. The van der Waals surface area contributed by atoms with Crippen molar-refractivity contribution in [1.82, 2.24) is 9.29 Å². The first-order valence-electron chi connectivity index (χ1n) is 9.63. The Morgan fingerprint density at radius 3 is 2.41 bits per heavy atom. The fraction of sp³-hybridized carbons (Fsp3) is 0.421. The van der Waals surface area contributed by atoms with Gasteiger partial charge in [-0.3, -0.25) is 10.1 Å². The summed E-state index contributed by atoms with van der Waals surface area (Å²) in [5, 5.41) is 14.5. The quantitative estimate of drug-likeness (QED) is 0.516. The normalized spacial score (nSPS) is 14.4. The number of nitrogens with one attached hydrogen (secondary N) is 1. The summed E-state index contributed by atoms with van der Waals surface area (Å²) in [6, 6.07) is 7.59. The summed E-state index contributed by atoms with van der Waals surface area (Å²) in [5.41, 5.74) is 0.501. The first kappa shape index (κ1) is 21.0. The Bertz CT molecular complexity index is 969. The second kappa shape index (κ2) is 8.75. The number of sulfonamides is 1. The predicted molar refractivity (Wildman–Crippen MR) is 112 cm³/mol. The topological polar surface area (TPSA) is 109 Å². The number of anilines is 3. The van der Waals surface area contributed by atoms with Gasteiger partial charge in [0.25, 0.3) is 5.69 Å². The van der Waals surface area contributed by atoms with Crippen molar-refractivity contribution in [2.24, 2.45) is 0 Å². The van der Waals surface area contributed by atoms with Crippen LogP contribution in [0.2, 0.25) is 0 Å². The molecule has 1 fully saturated rings. The molecule has 10 heteroatoms. The van der Waals surface area contributed by atoms with Crippen LogP contribution in [0.25, 0.3) is 0 Å².